The van der Waals surface area contributed by atoms with Crippen molar-refractivity contribution in [1.29, 1.82) is 5.26 Å². The molecule has 1 unspecified atom stereocenters. The van der Waals surface area contributed by atoms with E-state index in [1.54, 1.807) is 27.7 Å². The minimum Gasteiger partial charge on any atom is -0.444 e. The van der Waals surface area contributed by atoms with E-state index in [9.17, 15) is 9.59 Å². The lowest BCUT2D eigenvalue weighted by Gasteiger charge is -2.25. The minimum absolute atomic E-state index is 0.0245. The first kappa shape index (κ1) is 17.7. The number of nitrogens with zero attached hydrogens (tertiary/aromatic N) is 2. The van der Waals surface area contributed by atoms with Crippen LogP contribution in [0.15, 0.2) is 4.79 Å². The van der Waals surface area contributed by atoms with Gasteiger partial charge in [0, 0.05) is 0 Å². The van der Waals surface area contributed by atoms with Gasteiger partial charge in [-0.2, -0.15) is 5.26 Å². The number of nitriles is 1. The standard InChI is InChI=1S/C15H22N4O3/c1-8(2)11(18-14(21)22-15(4,5)6)12-17-9(3)10(7-16)13(20)19-12/h8,11H,1-6H3,(H,18,21)(H,17,19,20). The second kappa shape index (κ2) is 6.60. The van der Waals surface area contributed by atoms with Crippen LogP contribution in [0.25, 0.3) is 0 Å². The van der Waals surface area contributed by atoms with Crippen LogP contribution >= 0.6 is 0 Å². The maximum absolute atomic E-state index is 11.9. The number of aryl methyl sites for hydroxylation is 1. The van der Waals surface area contributed by atoms with Crippen molar-refractivity contribution >= 4 is 6.09 Å². The van der Waals surface area contributed by atoms with Crippen molar-refractivity contribution in [2.24, 2.45) is 5.92 Å². The van der Waals surface area contributed by atoms with Crippen LogP contribution in [-0.4, -0.2) is 21.7 Å². The van der Waals surface area contributed by atoms with Crippen molar-refractivity contribution in [2.75, 3.05) is 0 Å². The van der Waals surface area contributed by atoms with Crippen LogP contribution < -0.4 is 10.9 Å². The Morgan fingerprint density at radius 1 is 1.41 bits per heavy atom. The predicted molar refractivity (Wildman–Crippen MR) is 81.3 cm³/mol. The summed E-state index contributed by atoms with van der Waals surface area (Å²) < 4.78 is 5.22. The fourth-order valence-electron chi connectivity index (χ4n) is 1.87. The van der Waals surface area contributed by atoms with Crippen molar-refractivity contribution in [2.45, 2.75) is 53.2 Å². The summed E-state index contributed by atoms with van der Waals surface area (Å²) >= 11 is 0. The summed E-state index contributed by atoms with van der Waals surface area (Å²) in [6.07, 6.45) is -0.587. The number of aromatic nitrogens is 2. The Morgan fingerprint density at radius 3 is 2.41 bits per heavy atom. The molecule has 0 aromatic carbocycles. The number of hydrogen-bond donors (Lipinski definition) is 2. The number of H-pyrrole nitrogens is 1. The Morgan fingerprint density at radius 2 is 2.00 bits per heavy atom. The average molecular weight is 306 g/mol. The molecule has 0 aliphatic rings. The molecule has 1 heterocycles. The van der Waals surface area contributed by atoms with E-state index in [-0.39, 0.29) is 11.5 Å². The molecule has 7 nitrogen and oxygen atoms in total. The topological polar surface area (TPSA) is 108 Å². The van der Waals surface area contributed by atoms with Gasteiger partial charge in [0.25, 0.3) is 5.56 Å². The molecule has 0 saturated carbocycles. The van der Waals surface area contributed by atoms with Crippen LogP contribution in [0, 0.1) is 24.2 Å². The summed E-state index contributed by atoms with van der Waals surface area (Å²) in [5.74, 6) is 0.283. The highest BCUT2D eigenvalue weighted by Crippen LogP contribution is 2.19. The molecule has 1 aromatic rings. The van der Waals surface area contributed by atoms with Gasteiger partial charge in [0.2, 0.25) is 0 Å². The van der Waals surface area contributed by atoms with Gasteiger partial charge in [-0.05, 0) is 33.6 Å². The molecule has 2 N–H and O–H groups in total. The molecule has 22 heavy (non-hydrogen) atoms. The number of hydrogen-bond acceptors (Lipinski definition) is 5. The van der Waals surface area contributed by atoms with Gasteiger partial charge in [0.05, 0.1) is 11.7 Å². The van der Waals surface area contributed by atoms with Crippen molar-refractivity contribution in [1.82, 2.24) is 15.3 Å². The van der Waals surface area contributed by atoms with Gasteiger partial charge >= 0.3 is 6.09 Å². The third kappa shape index (κ3) is 4.58. The highest BCUT2D eigenvalue weighted by Gasteiger charge is 2.25. The van der Waals surface area contributed by atoms with Crippen LogP contribution in [0.4, 0.5) is 4.79 Å². The number of carbonyl (C=O) groups excluding carboxylic acids is 1. The van der Waals surface area contributed by atoms with Crippen LogP contribution in [0.1, 0.15) is 57.7 Å². The van der Waals surface area contributed by atoms with Crippen LogP contribution in [0.2, 0.25) is 0 Å². The highest BCUT2D eigenvalue weighted by molar-refractivity contribution is 5.68. The number of alkyl carbamates (subject to hydrolysis) is 1. The molecule has 0 radical (unpaired) electrons. The van der Waals surface area contributed by atoms with E-state index in [0.717, 1.165) is 0 Å². The van der Waals surface area contributed by atoms with E-state index in [4.69, 9.17) is 10.00 Å². The molecule has 1 aromatic heterocycles. The van der Waals surface area contributed by atoms with E-state index in [0.29, 0.717) is 11.5 Å². The smallest absolute Gasteiger partial charge is 0.408 e. The summed E-state index contributed by atoms with van der Waals surface area (Å²) in [6, 6.07) is 1.29. The van der Waals surface area contributed by atoms with Gasteiger partial charge < -0.3 is 15.0 Å². The Balaban J connectivity index is 3.10. The second-order valence-electron chi connectivity index (χ2n) is 6.39. The van der Waals surface area contributed by atoms with Gasteiger partial charge in [-0.15, -0.1) is 0 Å². The molecule has 1 amide bonds. The SMILES string of the molecule is Cc1nc(C(NC(=O)OC(C)(C)C)C(C)C)[nH]c(=O)c1C#N. The van der Waals surface area contributed by atoms with Crippen LogP contribution in [0.5, 0.6) is 0 Å². The maximum Gasteiger partial charge on any atom is 0.408 e. The Hall–Kier alpha value is -2.36. The molecule has 0 fully saturated rings. The largest absolute Gasteiger partial charge is 0.444 e. The van der Waals surface area contributed by atoms with Crippen molar-refractivity contribution in [3.63, 3.8) is 0 Å². The zero-order chi connectivity index (χ0) is 17.1. The fourth-order valence-corrected chi connectivity index (χ4v) is 1.87. The maximum atomic E-state index is 11.9. The van der Waals surface area contributed by atoms with E-state index < -0.39 is 23.3 Å². The average Bonchev–Trinajstić information content (AvgIpc) is 2.33. The molecular formula is C15H22N4O3. The van der Waals surface area contributed by atoms with E-state index in [1.807, 2.05) is 19.9 Å². The van der Waals surface area contributed by atoms with Crippen molar-refractivity contribution in [3.8, 4) is 6.07 Å². The van der Waals surface area contributed by atoms with Gasteiger partial charge in [0.1, 0.15) is 23.1 Å². The fraction of sp³-hybridized carbons (Fsp3) is 0.600. The number of carbonyl (C=O) groups is 1. The van der Waals surface area contributed by atoms with Gasteiger partial charge in [-0.3, -0.25) is 4.79 Å². The third-order valence-corrected chi connectivity index (χ3v) is 2.86. The molecule has 120 valence electrons. The molecule has 1 atom stereocenters. The van der Waals surface area contributed by atoms with Gasteiger partial charge in [-0.1, -0.05) is 13.8 Å². The number of amides is 1. The zero-order valence-corrected chi connectivity index (χ0v) is 13.8. The molecule has 0 saturated heterocycles. The number of nitrogens with one attached hydrogen (secondary N) is 2. The van der Waals surface area contributed by atoms with E-state index >= 15 is 0 Å². The summed E-state index contributed by atoms with van der Waals surface area (Å²) in [4.78, 5) is 30.6. The molecule has 0 bridgehead atoms. The monoisotopic (exact) mass is 306 g/mol. The Bertz CT molecular complexity index is 650. The first-order valence-corrected chi connectivity index (χ1v) is 7.05. The normalized spacial score (nSPS) is 12.6. The summed E-state index contributed by atoms with van der Waals surface area (Å²) in [5.41, 5.74) is -0.824. The predicted octanol–water partition coefficient (Wildman–Crippen LogP) is 2.17. The molecule has 0 aliphatic heterocycles. The third-order valence-electron chi connectivity index (χ3n) is 2.86. The number of ether oxygens (including phenoxy) is 1. The summed E-state index contributed by atoms with van der Waals surface area (Å²) in [7, 11) is 0. The quantitative estimate of drug-likeness (QED) is 0.889. The van der Waals surface area contributed by atoms with Crippen molar-refractivity contribution in [3.05, 3.63) is 27.4 Å². The van der Waals surface area contributed by atoms with Crippen LogP contribution in [0.3, 0.4) is 0 Å². The molecule has 0 aliphatic carbocycles. The van der Waals surface area contributed by atoms with E-state index in [1.165, 1.54) is 0 Å². The lowest BCUT2D eigenvalue weighted by molar-refractivity contribution is 0.0486. The Kier molecular flexibility index (Phi) is 5.31. The Labute approximate surface area is 129 Å². The summed E-state index contributed by atoms with van der Waals surface area (Å²) in [5, 5.41) is 11.6. The molecular weight excluding hydrogens is 284 g/mol. The summed E-state index contributed by atoms with van der Waals surface area (Å²) in [6.45, 7) is 10.7. The number of rotatable bonds is 3. The molecule has 7 heteroatoms. The highest BCUT2D eigenvalue weighted by atomic mass is 16.6. The van der Waals surface area contributed by atoms with Gasteiger partial charge in [0.15, 0.2) is 0 Å². The second-order valence-corrected chi connectivity index (χ2v) is 6.39. The van der Waals surface area contributed by atoms with E-state index in [2.05, 4.69) is 15.3 Å². The van der Waals surface area contributed by atoms with Crippen molar-refractivity contribution < 1.29 is 9.53 Å². The first-order valence-electron chi connectivity index (χ1n) is 7.05. The number of aromatic amines is 1. The lowest BCUT2D eigenvalue weighted by Crippen LogP contribution is -2.38. The zero-order valence-electron chi connectivity index (χ0n) is 13.8. The first-order chi connectivity index (χ1) is 10.0. The molecule has 1 rings (SSSR count). The minimum atomic E-state index is -0.618. The van der Waals surface area contributed by atoms with Crippen LogP contribution in [-0.2, 0) is 4.74 Å². The van der Waals surface area contributed by atoms with Gasteiger partial charge in [-0.25, -0.2) is 9.78 Å². The lowest BCUT2D eigenvalue weighted by atomic mass is 10.0. The molecule has 0 spiro atoms.